The van der Waals surface area contributed by atoms with E-state index in [1.165, 1.54) is 24.3 Å². The predicted octanol–water partition coefficient (Wildman–Crippen LogP) is 5.12. The Morgan fingerprint density at radius 3 is 2.52 bits per heavy atom. The van der Waals surface area contributed by atoms with Gasteiger partial charge in [-0.05, 0) is 55.3 Å². The molecule has 0 aliphatic carbocycles. The monoisotopic (exact) mass is 338 g/mol. The van der Waals surface area contributed by atoms with Gasteiger partial charge >= 0.3 is 7.60 Å². The highest BCUT2D eigenvalue weighted by molar-refractivity contribution is 7.51. The first-order chi connectivity index (χ1) is 10.9. The summed E-state index contributed by atoms with van der Waals surface area (Å²) >= 11 is 0. The van der Waals surface area contributed by atoms with Gasteiger partial charge < -0.3 is 14.2 Å². The van der Waals surface area contributed by atoms with Gasteiger partial charge in [0.15, 0.2) is 0 Å². The summed E-state index contributed by atoms with van der Waals surface area (Å²) in [6.45, 7) is 3.65. The van der Waals surface area contributed by atoms with Gasteiger partial charge in [-0.2, -0.15) is 0 Å². The lowest BCUT2D eigenvalue weighted by Crippen LogP contribution is -2.05. The molecule has 2 aromatic carbocycles. The van der Waals surface area contributed by atoms with Crippen molar-refractivity contribution in [1.29, 1.82) is 0 Å². The second-order valence-electron chi connectivity index (χ2n) is 5.32. The van der Waals surface area contributed by atoms with Gasteiger partial charge in [-0.3, -0.25) is 4.57 Å². The van der Waals surface area contributed by atoms with Crippen LogP contribution in [-0.4, -0.2) is 11.0 Å². The molecule has 1 N–H and O–H groups in total. The van der Waals surface area contributed by atoms with Crippen molar-refractivity contribution >= 4 is 7.60 Å². The maximum Gasteiger partial charge on any atom is 0.332 e. The largest absolute Gasteiger partial charge is 0.457 e. The molecule has 0 saturated heterocycles. The van der Waals surface area contributed by atoms with Crippen LogP contribution in [0.2, 0.25) is 0 Å². The first kappa shape index (κ1) is 17.7. The van der Waals surface area contributed by atoms with Crippen LogP contribution >= 0.6 is 7.60 Å². The summed E-state index contributed by atoms with van der Waals surface area (Å²) in [4.78, 5) is 9.93. The maximum atomic E-state index is 12.9. The highest BCUT2D eigenvalue weighted by atomic mass is 31.2. The topological polar surface area (TPSA) is 55.8 Å². The number of hydrogen-bond acceptors (Lipinski definition) is 3. The van der Waals surface area contributed by atoms with E-state index >= 15 is 0 Å². The summed E-state index contributed by atoms with van der Waals surface area (Å²) in [6, 6.07) is 12.5. The molecule has 0 aliphatic rings. The molecule has 2 unspecified atom stereocenters. The van der Waals surface area contributed by atoms with Crippen molar-refractivity contribution in [1.82, 2.24) is 0 Å². The number of halogens is 1. The summed E-state index contributed by atoms with van der Waals surface area (Å²) in [6.07, 6.45) is 0.306. The Kier molecular flexibility index (Phi) is 5.94. The van der Waals surface area contributed by atoms with Gasteiger partial charge in [-0.15, -0.1) is 0 Å². The van der Waals surface area contributed by atoms with Crippen LogP contribution in [0.3, 0.4) is 0 Å². The minimum Gasteiger partial charge on any atom is -0.457 e. The minimum absolute atomic E-state index is 0.0854. The number of ether oxygens (including phenoxy) is 1. The molecule has 2 atom stereocenters. The van der Waals surface area contributed by atoms with E-state index in [2.05, 4.69) is 0 Å². The standard InChI is InChI=1S/C17H20FO4P/c1-3-13(2)22-23(19,20)12-14-5-4-6-17(11-14)21-16-9-7-15(18)8-10-16/h4-11,13H,3,12H2,1-2H3,(H,19,20). The second kappa shape index (κ2) is 7.73. The van der Waals surface area contributed by atoms with E-state index in [-0.39, 0.29) is 18.1 Å². The minimum atomic E-state index is -3.70. The predicted molar refractivity (Wildman–Crippen MR) is 87.3 cm³/mol. The van der Waals surface area contributed by atoms with Crippen molar-refractivity contribution in [3.8, 4) is 11.5 Å². The van der Waals surface area contributed by atoms with Gasteiger partial charge in [0.05, 0.1) is 12.3 Å². The molecule has 0 bridgehead atoms. The molecule has 2 rings (SSSR count). The second-order valence-corrected chi connectivity index (χ2v) is 7.13. The molecule has 23 heavy (non-hydrogen) atoms. The SMILES string of the molecule is CCC(C)OP(=O)(O)Cc1cccc(Oc2ccc(F)cc2)c1. The van der Waals surface area contributed by atoms with Crippen LogP contribution in [0.1, 0.15) is 25.8 Å². The Bertz CT molecular complexity index is 687. The fraction of sp³-hybridized carbons (Fsp3) is 0.294. The fourth-order valence-electron chi connectivity index (χ4n) is 1.97. The highest BCUT2D eigenvalue weighted by Crippen LogP contribution is 2.47. The molecular formula is C17H20FO4P. The summed E-state index contributed by atoms with van der Waals surface area (Å²) in [7, 11) is -3.70. The van der Waals surface area contributed by atoms with Crippen LogP contribution in [0, 0.1) is 5.82 Å². The Labute approximate surface area is 135 Å². The first-order valence-corrected chi connectivity index (χ1v) is 9.17. The van der Waals surface area contributed by atoms with Crippen molar-refractivity contribution in [3.05, 3.63) is 59.9 Å². The van der Waals surface area contributed by atoms with Crippen molar-refractivity contribution in [2.45, 2.75) is 32.5 Å². The summed E-state index contributed by atoms with van der Waals surface area (Å²) in [5.41, 5.74) is 0.638. The number of rotatable bonds is 7. The first-order valence-electron chi connectivity index (χ1n) is 7.40. The molecule has 124 valence electrons. The van der Waals surface area contributed by atoms with Crippen LogP contribution in [0.4, 0.5) is 4.39 Å². The van der Waals surface area contributed by atoms with E-state index < -0.39 is 7.60 Å². The molecule has 0 saturated carbocycles. The molecule has 4 nitrogen and oxygen atoms in total. The van der Waals surface area contributed by atoms with E-state index in [1.807, 2.05) is 6.92 Å². The van der Waals surface area contributed by atoms with E-state index in [4.69, 9.17) is 9.26 Å². The van der Waals surface area contributed by atoms with Gasteiger partial charge in [0.1, 0.15) is 17.3 Å². The summed E-state index contributed by atoms with van der Waals surface area (Å²) in [5.74, 6) is 0.666. The van der Waals surface area contributed by atoms with Gasteiger partial charge in [0, 0.05) is 0 Å². The third-order valence-electron chi connectivity index (χ3n) is 3.25. The van der Waals surface area contributed by atoms with Crippen LogP contribution in [0.15, 0.2) is 48.5 Å². The Balaban J connectivity index is 2.07. The third kappa shape index (κ3) is 5.79. The smallest absolute Gasteiger partial charge is 0.332 e. The molecule has 0 radical (unpaired) electrons. The van der Waals surface area contributed by atoms with E-state index in [9.17, 15) is 13.8 Å². The van der Waals surface area contributed by atoms with Crippen LogP contribution in [-0.2, 0) is 15.3 Å². The molecule has 2 aromatic rings. The third-order valence-corrected chi connectivity index (χ3v) is 4.70. The number of hydrogen-bond donors (Lipinski definition) is 1. The van der Waals surface area contributed by atoms with E-state index in [1.54, 1.807) is 31.2 Å². The van der Waals surface area contributed by atoms with Crippen molar-refractivity contribution in [2.24, 2.45) is 0 Å². The van der Waals surface area contributed by atoms with Gasteiger partial charge in [0.25, 0.3) is 0 Å². The molecular weight excluding hydrogens is 318 g/mol. The van der Waals surface area contributed by atoms with E-state index in [0.717, 1.165) is 0 Å². The zero-order chi connectivity index (χ0) is 16.9. The average molecular weight is 338 g/mol. The highest BCUT2D eigenvalue weighted by Gasteiger charge is 2.22. The summed E-state index contributed by atoms with van der Waals surface area (Å²) < 4.78 is 35.8. The Morgan fingerprint density at radius 1 is 1.17 bits per heavy atom. The lowest BCUT2D eigenvalue weighted by Gasteiger charge is -2.17. The molecule has 0 fully saturated rings. The zero-order valence-electron chi connectivity index (χ0n) is 13.1. The average Bonchev–Trinajstić information content (AvgIpc) is 2.49. The quantitative estimate of drug-likeness (QED) is 0.712. The fourth-order valence-corrected chi connectivity index (χ4v) is 3.41. The Morgan fingerprint density at radius 2 is 1.87 bits per heavy atom. The van der Waals surface area contributed by atoms with Crippen LogP contribution < -0.4 is 4.74 Å². The van der Waals surface area contributed by atoms with E-state index in [0.29, 0.717) is 23.5 Å². The lowest BCUT2D eigenvalue weighted by atomic mass is 10.2. The summed E-state index contributed by atoms with van der Waals surface area (Å²) in [5, 5.41) is 0. The lowest BCUT2D eigenvalue weighted by molar-refractivity contribution is 0.185. The van der Waals surface area contributed by atoms with Crippen LogP contribution in [0.25, 0.3) is 0 Å². The number of benzene rings is 2. The van der Waals surface area contributed by atoms with Crippen molar-refractivity contribution in [3.63, 3.8) is 0 Å². The normalized spacial score (nSPS) is 15.0. The Hall–Kier alpha value is -1.68. The molecule has 0 aromatic heterocycles. The maximum absolute atomic E-state index is 12.9. The molecule has 0 spiro atoms. The molecule has 6 heteroatoms. The molecule has 0 amide bonds. The molecule has 0 aliphatic heterocycles. The zero-order valence-corrected chi connectivity index (χ0v) is 14.0. The van der Waals surface area contributed by atoms with Crippen LogP contribution in [0.5, 0.6) is 11.5 Å². The van der Waals surface area contributed by atoms with Gasteiger partial charge in [-0.1, -0.05) is 19.1 Å². The van der Waals surface area contributed by atoms with Gasteiger partial charge in [-0.25, -0.2) is 4.39 Å². The molecule has 0 heterocycles. The van der Waals surface area contributed by atoms with Crippen molar-refractivity contribution < 1.29 is 23.1 Å². The van der Waals surface area contributed by atoms with Crippen molar-refractivity contribution in [2.75, 3.05) is 0 Å². The van der Waals surface area contributed by atoms with Gasteiger partial charge in [0.2, 0.25) is 0 Å².